The van der Waals surface area contributed by atoms with E-state index in [1.54, 1.807) is 6.07 Å². The summed E-state index contributed by atoms with van der Waals surface area (Å²) in [6, 6.07) is 1.61. The second-order valence-corrected chi connectivity index (χ2v) is 4.09. The first-order valence-corrected chi connectivity index (χ1v) is 5.64. The summed E-state index contributed by atoms with van der Waals surface area (Å²) in [6.45, 7) is 7.05. The minimum absolute atomic E-state index is 0.181. The molecule has 88 valence electrons. The maximum absolute atomic E-state index is 11.5. The first kappa shape index (κ1) is 13.0. The molecule has 1 aromatic heterocycles. The van der Waals surface area contributed by atoms with Crippen molar-refractivity contribution in [3.63, 3.8) is 0 Å². The van der Waals surface area contributed by atoms with Crippen LogP contribution in [0.2, 0.25) is 0 Å². The molecule has 1 N–H and O–H groups in total. The first-order valence-electron chi connectivity index (χ1n) is 4.84. The third-order valence-corrected chi connectivity index (χ3v) is 2.36. The zero-order chi connectivity index (χ0) is 12.0. The van der Waals surface area contributed by atoms with Gasteiger partial charge in [-0.05, 0) is 28.9 Å². The lowest BCUT2D eigenvalue weighted by atomic mass is 10.3. The van der Waals surface area contributed by atoms with Crippen molar-refractivity contribution in [2.75, 3.05) is 19.8 Å². The zero-order valence-corrected chi connectivity index (χ0v) is 10.7. The van der Waals surface area contributed by atoms with Gasteiger partial charge < -0.3 is 14.5 Å². The van der Waals surface area contributed by atoms with Crippen LogP contribution in [0.25, 0.3) is 0 Å². The Labute approximate surface area is 103 Å². The molecular weight excluding hydrogens is 274 g/mol. The Balaban J connectivity index is 2.21. The number of rotatable bonds is 6. The second-order valence-electron chi connectivity index (χ2n) is 3.37. The van der Waals surface area contributed by atoms with Gasteiger partial charge in [0.2, 0.25) is 0 Å². The summed E-state index contributed by atoms with van der Waals surface area (Å²) >= 11 is 3.14. The van der Waals surface area contributed by atoms with Gasteiger partial charge in [-0.3, -0.25) is 4.79 Å². The Bertz CT molecular complexity index is 373. The lowest BCUT2D eigenvalue weighted by molar-refractivity contribution is 0.0925. The summed E-state index contributed by atoms with van der Waals surface area (Å²) in [6.07, 6.45) is 1.45. The summed E-state index contributed by atoms with van der Waals surface area (Å²) in [7, 11) is 0. The normalized spacial score (nSPS) is 10.1. The van der Waals surface area contributed by atoms with Crippen molar-refractivity contribution in [1.82, 2.24) is 5.32 Å². The molecule has 0 unspecified atom stereocenters. The van der Waals surface area contributed by atoms with Crippen molar-refractivity contribution in [2.45, 2.75) is 6.92 Å². The Kier molecular flexibility index (Phi) is 5.28. The quantitative estimate of drug-likeness (QED) is 0.646. The van der Waals surface area contributed by atoms with Crippen LogP contribution in [0.1, 0.15) is 17.3 Å². The number of hydrogen-bond donors (Lipinski definition) is 1. The van der Waals surface area contributed by atoms with E-state index in [4.69, 9.17) is 9.15 Å². The molecule has 0 saturated heterocycles. The maximum atomic E-state index is 11.5. The van der Waals surface area contributed by atoms with Gasteiger partial charge in [0.25, 0.3) is 5.91 Å². The SMILES string of the molecule is C=C(C)COCCNC(=O)c1ccoc1Br. The van der Waals surface area contributed by atoms with E-state index >= 15 is 0 Å². The monoisotopic (exact) mass is 287 g/mol. The fraction of sp³-hybridized carbons (Fsp3) is 0.364. The smallest absolute Gasteiger partial charge is 0.255 e. The highest BCUT2D eigenvalue weighted by molar-refractivity contribution is 9.10. The molecule has 5 heteroatoms. The van der Waals surface area contributed by atoms with Gasteiger partial charge >= 0.3 is 0 Å². The van der Waals surface area contributed by atoms with Gasteiger partial charge in [-0.25, -0.2) is 0 Å². The molecule has 0 aliphatic heterocycles. The highest BCUT2D eigenvalue weighted by atomic mass is 79.9. The van der Waals surface area contributed by atoms with Crippen LogP contribution >= 0.6 is 15.9 Å². The van der Waals surface area contributed by atoms with Crippen molar-refractivity contribution in [1.29, 1.82) is 0 Å². The molecule has 1 aromatic rings. The molecular formula is C11H14BrNO3. The van der Waals surface area contributed by atoms with Crippen LogP contribution in [-0.4, -0.2) is 25.7 Å². The molecule has 1 heterocycles. The standard InChI is InChI=1S/C11H14BrNO3/c1-8(2)7-15-6-4-13-11(14)9-3-5-16-10(9)12/h3,5H,1,4,6-7H2,2H3,(H,13,14). The number of furan rings is 1. The molecule has 0 aliphatic rings. The van der Waals surface area contributed by atoms with E-state index in [1.807, 2.05) is 6.92 Å². The highest BCUT2D eigenvalue weighted by Gasteiger charge is 2.11. The van der Waals surface area contributed by atoms with Crippen molar-refractivity contribution in [3.05, 3.63) is 34.7 Å². The fourth-order valence-electron chi connectivity index (χ4n) is 1.03. The van der Waals surface area contributed by atoms with E-state index in [-0.39, 0.29) is 5.91 Å². The number of halogens is 1. The Morgan fingerprint density at radius 2 is 2.44 bits per heavy atom. The molecule has 0 radical (unpaired) electrons. The average Bonchev–Trinajstić information content (AvgIpc) is 2.63. The van der Waals surface area contributed by atoms with Crippen molar-refractivity contribution in [3.8, 4) is 0 Å². The predicted octanol–water partition coefficient (Wildman–Crippen LogP) is 2.36. The van der Waals surface area contributed by atoms with E-state index in [2.05, 4.69) is 27.8 Å². The van der Waals surface area contributed by atoms with Gasteiger partial charge in [0.1, 0.15) is 0 Å². The van der Waals surface area contributed by atoms with Gasteiger partial charge in [-0.15, -0.1) is 0 Å². The minimum atomic E-state index is -0.181. The van der Waals surface area contributed by atoms with E-state index in [1.165, 1.54) is 6.26 Å². The number of hydrogen-bond acceptors (Lipinski definition) is 3. The third kappa shape index (κ3) is 4.20. The van der Waals surface area contributed by atoms with Crippen LogP contribution in [0.3, 0.4) is 0 Å². The summed E-state index contributed by atoms with van der Waals surface area (Å²) in [5.41, 5.74) is 1.45. The number of carbonyl (C=O) groups excluding carboxylic acids is 1. The lowest BCUT2D eigenvalue weighted by Crippen LogP contribution is -2.27. The number of amides is 1. The Hall–Kier alpha value is -1.07. The van der Waals surface area contributed by atoms with E-state index < -0.39 is 0 Å². The van der Waals surface area contributed by atoms with Gasteiger partial charge in [0.05, 0.1) is 25.0 Å². The van der Waals surface area contributed by atoms with Crippen LogP contribution in [0, 0.1) is 0 Å². The molecule has 1 rings (SSSR count). The molecule has 0 saturated carbocycles. The van der Waals surface area contributed by atoms with Crippen molar-refractivity contribution < 1.29 is 13.9 Å². The molecule has 0 atom stereocenters. The van der Waals surface area contributed by atoms with Gasteiger partial charge in [0, 0.05) is 6.54 Å². The van der Waals surface area contributed by atoms with E-state index in [9.17, 15) is 4.79 Å². The Morgan fingerprint density at radius 3 is 3.00 bits per heavy atom. The van der Waals surface area contributed by atoms with E-state index in [0.717, 1.165) is 5.57 Å². The molecule has 0 aliphatic carbocycles. The van der Waals surface area contributed by atoms with Crippen LogP contribution in [0.15, 0.2) is 33.6 Å². The number of carbonyl (C=O) groups is 1. The highest BCUT2D eigenvalue weighted by Crippen LogP contribution is 2.16. The molecule has 0 aromatic carbocycles. The van der Waals surface area contributed by atoms with Crippen LogP contribution < -0.4 is 5.32 Å². The van der Waals surface area contributed by atoms with E-state index in [0.29, 0.717) is 30.0 Å². The van der Waals surface area contributed by atoms with Crippen LogP contribution in [-0.2, 0) is 4.74 Å². The summed E-state index contributed by atoms with van der Waals surface area (Å²) in [4.78, 5) is 11.5. The zero-order valence-electron chi connectivity index (χ0n) is 9.09. The van der Waals surface area contributed by atoms with Crippen molar-refractivity contribution in [2.24, 2.45) is 0 Å². The molecule has 0 fully saturated rings. The van der Waals surface area contributed by atoms with Crippen molar-refractivity contribution >= 4 is 21.8 Å². The third-order valence-electron chi connectivity index (χ3n) is 1.74. The second kappa shape index (κ2) is 6.50. The summed E-state index contributed by atoms with van der Waals surface area (Å²) < 4.78 is 10.6. The fourth-order valence-corrected chi connectivity index (χ4v) is 1.45. The Morgan fingerprint density at radius 1 is 1.69 bits per heavy atom. The molecule has 0 bridgehead atoms. The van der Waals surface area contributed by atoms with Gasteiger partial charge in [0.15, 0.2) is 4.67 Å². The number of ether oxygens (including phenoxy) is 1. The average molecular weight is 288 g/mol. The topological polar surface area (TPSA) is 51.5 Å². The molecule has 4 nitrogen and oxygen atoms in total. The lowest BCUT2D eigenvalue weighted by Gasteiger charge is -2.05. The number of nitrogens with one attached hydrogen (secondary N) is 1. The molecule has 0 spiro atoms. The molecule has 16 heavy (non-hydrogen) atoms. The summed E-state index contributed by atoms with van der Waals surface area (Å²) in [5, 5.41) is 2.72. The minimum Gasteiger partial charge on any atom is -0.457 e. The first-order chi connectivity index (χ1) is 7.61. The maximum Gasteiger partial charge on any atom is 0.255 e. The molecule has 1 amide bonds. The van der Waals surface area contributed by atoms with Crippen LogP contribution in [0.4, 0.5) is 0 Å². The summed E-state index contributed by atoms with van der Waals surface area (Å²) in [5.74, 6) is -0.181. The van der Waals surface area contributed by atoms with Crippen LogP contribution in [0.5, 0.6) is 0 Å². The van der Waals surface area contributed by atoms with Gasteiger partial charge in [-0.2, -0.15) is 0 Å². The largest absolute Gasteiger partial charge is 0.457 e. The predicted molar refractivity (Wildman–Crippen MR) is 64.4 cm³/mol. The van der Waals surface area contributed by atoms with Gasteiger partial charge in [-0.1, -0.05) is 12.2 Å².